The van der Waals surface area contributed by atoms with Gasteiger partial charge in [-0.05, 0) is 42.9 Å². The number of nitrogens with one attached hydrogen (secondary N) is 1. The van der Waals surface area contributed by atoms with E-state index in [0.29, 0.717) is 6.54 Å². The van der Waals surface area contributed by atoms with Crippen molar-refractivity contribution in [2.45, 2.75) is 36.2 Å². The summed E-state index contributed by atoms with van der Waals surface area (Å²) in [5.41, 5.74) is -0.0917. The minimum Gasteiger partial charge on any atom is -0.302 e. The van der Waals surface area contributed by atoms with Gasteiger partial charge in [-0.1, -0.05) is 18.1 Å². The molecule has 1 aromatic rings. The van der Waals surface area contributed by atoms with Crippen LogP contribution in [-0.2, 0) is 17.1 Å². The fraction of sp³-hybridized carbons (Fsp3) is 0.818. The maximum absolute atomic E-state index is 12.4. The molecule has 0 radical (unpaired) electrons. The Labute approximate surface area is 127 Å². The van der Waals surface area contributed by atoms with Crippen molar-refractivity contribution in [2.75, 3.05) is 20.6 Å². The molecular formula is C11H20BrN5O2S. The molecule has 0 atom stereocenters. The molecule has 1 aliphatic carbocycles. The summed E-state index contributed by atoms with van der Waals surface area (Å²) in [5, 5.41) is 7.48. The zero-order chi connectivity index (χ0) is 15.0. The fourth-order valence-corrected chi connectivity index (χ4v) is 4.93. The van der Waals surface area contributed by atoms with Gasteiger partial charge >= 0.3 is 0 Å². The van der Waals surface area contributed by atoms with Crippen molar-refractivity contribution in [3.05, 3.63) is 4.60 Å². The van der Waals surface area contributed by atoms with Gasteiger partial charge in [-0.2, -0.15) is 0 Å². The van der Waals surface area contributed by atoms with Crippen LogP contribution in [0.1, 0.15) is 25.7 Å². The molecule has 1 aliphatic rings. The summed E-state index contributed by atoms with van der Waals surface area (Å²) in [6, 6.07) is 0. The molecule has 0 spiro atoms. The highest BCUT2D eigenvalue weighted by Crippen LogP contribution is 2.33. The Kier molecular flexibility index (Phi) is 4.53. The lowest BCUT2D eigenvalue weighted by atomic mass is 9.97. The van der Waals surface area contributed by atoms with E-state index in [-0.39, 0.29) is 15.2 Å². The van der Waals surface area contributed by atoms with Crippen LogP contribution in [0.3, 0.4) is 0 Å². The number of hydrogen-bond acceptors (Lipinski definition) is 5. The maximum Gasteiger partial charge on any atom is 0.260 e. The Morgan fingerprint density at radius 2 is 2.00 bits per heavy atom. The van der Waals surface area contributed by atoms with Gasteiger partial charge in [0.1, 0.15) is 0 Å². The molecule has 0 aliphatic heterocycles. The average molecular weight is 366 g/mol. The van der Waals surface area contributed by atoms with E-state index in [1.165, 1.54) is 4.68 Å². The zero-order valence-electron chi connectivity index (χ0n) is 11.9. The first-order chi connectivity index (χ1) is 9.28. The lowest BCUT2D eigenvalue weighted by Crippen LogP contribution is -2.50. The highest BCUT2D eigenvalue weighted by atomic mass is 79.9. The lowest BCUT2D eigenvalue weighted by molar-refractivity contribution is 0.161. The van der Waals surface area contributed by atoms with E-state index in [2.05, 4.69) is 35.9 Å². The van der Waals surface area contributed by atoms with Gasteiger partial charge in [0.2, 0.25) is 5.03 Å². The Morgan fingerprint density at radius 3 is 2.45 bits per heavy atom. The molecule has 1 N–H and O–H groups in total. The third-order valence-electron chi connectivity index (χ3n) is 4.07. The first-order valence-electron chi connectivity index (χ1n) is 6.51. The van der Waals surface area contributed by atoms with Crippen LogP contribution in [0.4, 0.5) is 0 Å². The van der Waals surface area contributed by atoms with E-state index >= 15 is 0 Å². The second kappa shape index (κ2) is 5.70. The molecule has 9 heteroatoms. The van der Waals surface area contributed by atoms with E-state index in [9.17, 15) is 8.42 Å². The molecule has 1 heterocycles. The molecule has 0 bridgehead atoms. The highest BCUT2D eigenvalue weighted by molar-refractivity contribution is 9.10. The number of halogens is 1. The SMILES string of the molecule is CN(C)C1(CNS(=O)(=O)c2c(Br)nnn2C)CCCC1. The molecule has 20 heavy (non-hydrogen) atoms. The maximum atomic E-state index is 12.4. The van der Waals surface area contributed by atoms with Gasteiger partial charge in [-0.3, -0.25) is 0 Å². The Morgan fingerprint density at radius 1 is 1.40 bits per heavy atom. The molecular weight excluding hydrogens is 346 g/mol. The highest BCUT2D eigenvalue weighted by Gasteiger charge is 2.37. The van der Waals surface area contributed by atoms with Crippen LogP contribution in [0.2, 0.25) is 0 Å². The van der Waals surface area contributed by atoms with E-state index < -0.39 is 10.0 Å². The topological polar surface area (TPSA) is 80.1 Å². The summed E-state index contributed by atoms with van der Waals surface area (Å²) in [6.07, 6.45) is 4.29. The van der Waals surface area contributed by atoms with Crippen molar-refractivity contribution in [3.8, 4) is 0 Å². The second-order valence-corrected chi connectivity index (χ2v) is 7.89. The first kappa shape index (κ1) is 15.9. The van der Waals surface area contributed by atoms with Gasteiger partial charge in [0.15, 0.2) is 4.60 Å². The van der Waals surface area contributed by atoms with Gasteiger partial charge in [-0.25, -0.2) is 17.8 Å². The van der Waals surface area contributed by atoms with Gasteiger partial charge in [0.05, 0.1) is 0 Å². The monoisotopic (exact) mass is 365 g/mol. The van der Waals surface area contributed by atoms with Crippen molar-refractivity contribution < 1.29 is 8.42 Å². The average Bonchev–Trinajstić information content (AvgIpc) is 2.95. The van der Waals surface area contributed by atoms with Gasteiger partial charge < -0.3 is 4.90 Å². The fourth-order valence-electron chi connectivity index (χ4n) is 2.72. The Bertz CT molecular complexity index is 558. The molecule has 0 aromatic carbocycles. The summed E-state index contributed by atoms with van der Waals surface area (Å²) < 4.78 is 29.0. The quantitative estimate of drug-likeness (QED) is 0.831. The summed E-state index contributed by atoms with van der Waals surface area (Å²) in [6.45, 7) is 0.403. The summed E-state index contributed by atoms with van der Waals surface area (Å²) in [7, 11) is 1.94. The van der Waals surface area contributed by atoms with Crippen molar-refractivity contribution in [1.82, 2.24) is 24.6 Å². The lowest BCUT2D eigenvalue weighted by Gasteiger charge is -2.36. The largest absolute Gasteiger partial charge is 0.302 e. The van der Waals surface area contributed by atoms with Gasteiger partial charge in [0.25, 0.3) is 10.0 Å². The van der Waals surface area contributed by atoms with E-state index in [0.717, 1.165) is 25.7 Å². The Hall–Kier alpha value is -0.510. The molecule has 1 fully saturated rings. The van der Waals surface area contributed by atoms with E-state index in [1.807, 2.05) is 14.1 Å². The molecule has 7 nitrogen and oxygen atoms in total. The van der Waals surface area contributed by atoms with Gasteiger partial charge in [-0.15, -0.1) is 5.10 Å². The molecule has 0 unspecified atom stereocenters. The number of aryl methyl sites for hydroxylation is 1. The zero-order valence-corrected chi connectivity index (χ0v) is 14.3. The van der Waals surface area contributed by atoms with E-state index in [4.69, 9.17) is 0 Å². The summed E-state index contributed by atoms with van der Waals surface area (Å²) in [5.74, 6) is 0. The number of likely N-dealkylation sites (N-methyl/N-ethyl adjacent to an activating group) is 1. The molecule has 1 saturated carbocycles. The van der Waals surface area contributed by atoms with Crippen LogP contribution in [0.15, 0.2) is 9.63 Å². The number of sulfonamides is 1. The minimum absolute atomic E-state index is 0.0596. The molecule has 2 rings (SSSR count). The third-order valence-corrected chi connectivity index (χ3v) is 6.35. The van der Waals surface area contributed by atoms with Gasteiger partial charge in [0, 0.05) is 19.1 Å². The van der Waals surface area contributed by atoms with Crippen LogP contribution in [0, 0.1) is 0 Å². The van der Waals surface area contributed by atoms with Crippen molar-refractivity contribution in [2.24, 2.45) is 7.05 Å². The second-order valence-electron chi connectivity index (χ2n) is 5.46. The predicted molar refractivity (Wildman–Crippen MR) is 78.8 cm³/mol. The summed E-state index contributed by atoms with van der Waals surface area (Å²) >= 11 is 3.12. The van der Waals surface area contributed by atoms with Crippen molar-refractivity contribution in [3.63, 3.8) is 0 Å². The van der Waals surface area contributed by atoms with Crippen LogP contribution in [0.5, 0.6) is 0 Å². The smallest absolute Gasteiger partial charge is 0.260 e. The summed E-state index contributed by atoms with van der Waals surface area (Å²) in [4.78, 5) is 2.12. The first-order valence-corrected chi connectivity index (χ1v) is 8.78. The Balaban J connectivity index is 2.17. The van der Waals surface area contributed by atoms with Crippen molar-refractivity contribution >= 4 is 26.0 Å². The van der Waals surface area contributed by atoms with Crippen molar-refractivity contribution in [1.29, 1.82) is 0 Å². The number of aromatic nitrogens is 3. The number of hydrogen-bond donors (Lipinski definition) is 1. The van der Waals surface area contributed by atoms with Crippen LogP contribution in [0.25, 0.3) is 0 Å². The normalized spacial score (nSPS) is 18.9. The molecule has 114 valence electrons. The van der Waals surface area contributed by atoms with Crippen LogP contribution >= 0.6 is 15.9 Å². The van der Waals surface area contributed by atoms with E-state index in [1.54, 1.807) is 7.05 Å². The number of rotatable bonds is 5. The standard InChI is InChI=1S/C11H20BrN5O2S/c1-16(2)11(6-4-5-7-11)8-13-20(18,19)10-9(12)14-15-17(10)3/h13H,4-8H2,1-3H3. The number of nitrogens with zero attached hydrogens (tertiary/aromatic N) is 4. The van der Waals surface area contributed by atoms with Crippen LogP contribution in [-0.4, -0.2) is 54.5 Å². The van der Waals surface area contributed by atoms with Crippen LogP contribution < -0.4 is 4.72 Å². The predicted octanol–water partition coefficient (Wildman–Crippen LogP) is 0.730. The molecule has 0 saturated heterocycles. The minimum atomic E-state index is -3.62. The molecule has 0 amide bonds. The third kappa shape index (κ3) is 2.90. The molecule has 1 aromatic heterocycles.